The number of allylic oxidation sites excluding steroid dienone is 1. The summed E-state index contributed by atoms with van der Waals surface area (Å²) in [4.78, 5) is 7.51. The second kappa shape index (κ2) is 8.80. The number of hydrogen-bond acceptors (Lipinski definition) is 3. The van der Waals surface area contributed by atoms with E-state index in [9.17, 15) is 0 Å². The molecule has 0 atom stereocenters. The zero-order valence-corrected chi connectivity index (χ0v) is 13.1. The van der Waals surface area contributed by atoms with Gasteiger partial charge in [0.1, 0.15) is 12.3 Å². The van der Waals surface area contributed by atoms with Crippen LogP contribution in [0.3, 0.4) is 0 Å². The highest BCUT2D eigenvalue weighted by atomic mass is 16.6. The van der Waals surface area contributed by atoms with Crippen molar-refractivity contribution in [2.75, 3.05) is 27.2 Å². The van der Waals surface area contributed by atoms with Crippen molar-refractivity contribution in [1.29, 1.82) is 0 Å². The molecule has 0 heterocycles. The highest BCUT2D eigenvalue weighted by molar-refractivity contribution is 6.10. The topological polar surface area (TPSA) is 24.8 Å². The predicted octanol–water partition coefficient (Wildman–Crippen LogP) is 3.68. The molecule has 22 heavy (non-hydrogen) atoms. The van der Waals surface area contributed by atoms with Crippen LogP contribution in [0.2, 0.25) is 0 Å². The highest BCUT2D eigenvalue weighted by Crippen LogP contribution is 2.07. The lowest BCUT2D eigenvalue weighted by Gasteiger charge is -2.08. The molecule has 114 valence electrons. The zero-order chi connectivity index (χ0) is 15.6. The van der Waals surface area contributed by atoms with E-state index in [-0.39, 0.29) is 0 Å². The molecule has 0 bridgehead atoms. The number of likely N-dealkylation sites (N-methyl/N-ethyl adjacent to an activating group) is 1. The average molecular weight is 294 g/mol. The van der Waals surface area contributed by atoms with E-state index in [1.807, 2.05) is 74.8 Å². The van der Waals surface area contributed by atoms with Gasteiger partial charge in [-0.15, -0.1) is 0 Å². The lowest BCUT2D eigenvalue weighted by atomic mass is 10.1. The molecule has 0 aliphatic rings. The fourth-order valence-electron chi connectivity index (χ4n) is 1.87. The molecule has 0 aromatic heterocycles. The Bertz CT molecular complexity index is 604. The first-order valence-corrected chi connectivity index (χ1v) is 7.39. The minimum atomic E-state index is 0.572. The van der Waals surface area contributed by atoms with Crippen LogP contribution in [-0.4, -0.2) is 37.9 Å². The summed E-state index contributed by atoms with van der Waals surface area (Å²) in [5.41, 5.74) is 3.00. The van der Waals surface area contributed by atoms with Gasteiger partial charge in [0.25, 0.3) is 0 Å². The van der Waals surface area contributed by atoms with E-state index in [4.69, 9.17) is 4.84 Å². The third-order valence-corrected chi connectivity index (χ3v) is 3.10. The SMILES string of the molecule is CN(C)CCON=C(C=Cc1ccccc1)c1ccccc1. The standard InChI is InChI=1S/C19H22N2O/c1-21(2)15-16-22-20-19(18-11-7-4-8-12-18)14-13-17-9-5-3-6-10-17/h3-14H,15-16H2,1-2H3. The van der Waals surface area contributed by atoms with Crippen LogP contribution in [0.15, 0.2) is 71.9 Å². The van der Waals surface area contributed by atoms with Crippen LogP contribution >= 0.6 is 0 Å². The highest BCUT2D eigenvalue weighted by Gasteiger charge is 2.00. The van der Waals surface area contributed by atoms with Crippen molar-refractivity contribution >= 4 is 11.8 Å². The molecule has 0 amide bonds. The number of nitrogens with zero attached hydrogens (tertiary/aromatic N) is 2. The summed E-state index contributed by atoms with van der Waals surface area (Å²) in [5, 5.41) is 4.28. The van der Waals surface area contributed by atoms with E-state index in [2.05, 4.69) is 22.2 Å². The minimum Gasteiger partial charge on any atom is -0.394 e. The molecule has 3 nitrogen and oxygen atoms in total. The van der Waals surface area contributed by atoms with Gasteiger partial charge in [-0.1, -0.05) is 71.9 Å². The van der Waals surface area contributed by atoms with Gasteiger partial charge in [0.15, 0.2) is 0 Å². The van der Waals surface area contributed by atoms with Gasteiger partial charge in [-0.25, -0.2) is 0 Å². The van der Waals surface area contributed by atoms with Gasteiger partial charge >= 0.3 is 0 Å². The molecule has 3 heteroatoms. The van der Waals surface area contributed by atoms with Gasteiger partial charge in [0.2, 0.25) is 0 Å². The third kappa shape index (κ3) is 5.54. The van der Waals surface area contributed by atoms with E-state index < -0.39 is 0 Å². The van der Waals surface area contributed by atoms with E-state index in [1.54, 1.807) is 0 Å². The summed E-state index contributed by atoms with van der Waals surface area (Å²) in [6.07, 6.45) is 4.03. The maximum atomic E-state index is 5.44. The van der Waals surface area contributed by atoms with Crippen molar-refractivity contribution in [3.8, 4) is 0 Å². The quantitative estimate of drug-likeness (QED) is 0.442. The van der Waals surface area contributed by atoms with Crippen LogP contribution in [0.25, 0.3) is 6.08 Å². The van der Waals surface area contributed by atoms with Crippen LogP contribution in [0, 0.1) is 0 Å². The lowest BCUT2D eigenvalue weighted by molar-refractivity contribution is 0.126. The van der Waals surface area contributed by atoms with Crippen LogP contribution in [-0.2, 0) is 4.84 Å². The first kappa shape index (κ1) is 16.0. The monoisotopic (exact) mass is 294 g/mol. The summed E-state index contributed by atoms with van der Waals surface area (Å²) in [6.45, 7) is 1.41. The molecule has 0 aliphatic carbocycles. The molecule has 0 unspecified atom stereocenters. The predicted molar refractivity (Wildman–Crippen MR) is 93.0 cm³/mol. The van der Waals surface area contributed by atoms with Crippen LogP contribution in [0.4, 0.5) is 0 Å². The van der Waals surface area contributed by atoms with E-state index in [0.29, 0.717) is 6.61 Å². The molecule has 0 saturated heterocycles. The van der Waals surface area contributed by atoms with E-state index in [1.165, 1.54) is 0 Å². The summed E-state index contributed by atoms with van der Waals surface area (Å²) in [7, 11) is 4.03. The number of oxime groups is 1. The van der Waals surface area contributed by atoms with Crippen LogP contribution < -0.4 is 0 Å². The van der Waals surface area contributed by atoms with Crippen LogP contribution in [0.5, 0.6) is 0 Å². The van der Waals surface area contributed by atoms with Gasteiger partial charge < -0.3 is 9.74 Å². The smallest absolute Gasteiger partial charge is 0.129 e. The normalized spacial score (nSPS) is 12.0. The number of benzene rings is 2. The Hall–Kier alpha value is -2.39. The Labute approximate surface area is 132 Å². The Morgan fingerprint density at radius 1 is 1.00 bits per heavy atom. The van der Waals surface area contributed by atoms with Crippen molar-refractivity contribution < 1.29 is 4.84 Å². The summed E-state index contributed by atoms with van der Waals surface area (Å²) >= 11 is 0. The molecular weight excluding hydrogens is 272 g/mol. The van der Waals surface area contributed by atoms with Gasteiger partial charge in [-0.05, 0) is 25.7 Å². The summed E-state index contributed by atoms with van der Waals surface area (Å²) in [5.74, 6) is 0. The van der Waals surface area contributed by atoms with Crippen LogP contribution in [0.1, 0.15) is 11.1 Å². The third-order valence-electron chi connectivity index (χ3n) is 3.10. The molecular formula is C19H22N2O. The van der Waals surface area contributed by atoms with Crippen molar-refractivity contribution in [3.05, 3.63) is 77.9 Å². The molecule has 2 aromatic rings. The Morgan fingerprint density at radius 3 is 2.27 bits per heavy atom. The Balaban J connectivity index is 2.11. The first-order chi connectivity index (χ1) is 10.8. The first-order valence-electron chi connectivity index (χ1n) is 7.39. The maximum absolute atomic E-state index is 5.44. The van der Waals surface area contributed by atoms with E-state index in [0.717, 1.165) is 23.4 Å². The molecule has 0 fully saturated rings. The van der Waals surface area contributed by atoms with Crippen molar-refractivity contribution in [2.24, 2.45) is 5.16 Å². The maximum Gasteiger partial charge on any atom is 0.129 e. The molecule has 0 aliphatic heterocycles. The van der Waals surface area contributed by atoms with Gasteiger partial charge in [-0.2, -0.15) is 0 Å². The molecule has 0 N–H and O–H groups in total. The molecule has 2 aromatic carbocycles. The van der Waals surface area contributed by atoms with E-state index >= 15 is 0 Å². The Kier molecular flexibility index (Phi) is 6.39. The Morgan fingerprint density at radius 2 is 1.64 bits per heavy atom. The average Bonchev–Trinajstić information content (AvgIpc) is 2.55. The largest absolute Gasteiger partial charge is 0.394 e. The van der Waals surface area contributed by atoms with Gasteiger partial charge in [-0.3, -0.25) is 0 Å². The zero-order valence-electron chi connectivity index (χ0n) is 13.1. The summed E-state index contributed by atoms with van der Waals surface area (Å²) < 4.78 is 0. The van der Waals surface area contributed by atoms with Gasteiger partial charge in [0.05, 0.1) is 0 Å². The molecule has 2 rings (SSSR count). The fourth-order valence-corrected chi connectivity index (χ4v) is 1.87. The van der Waals surface area contributed by atoms with Gasteiger partial charge in [0, 0.05) is 12.1 Å². The van der Waals surface area contributed by atoms with Crippen molar-refractivity contribution in [2.45, 2.75) is 0 Å². The van der Waals surface area contributed by atoms with Crippen molar-refractivity contribution in [3.63, 3.8) is 0 Å². The molecule has 0 spiro atoms. The molecule has 0 saturated carbocycles. The number of hydrogen-bond donors (Lipinski definition) is 0. The molecule has 0 radical (unpaired) electrons. The second-order valence-electron chi connectivity index (χ2n) is 5.22. The lowest BCUT2D eigenvalue weighted by Crippen LogP contribution is -2.17. The van der Waals surface area contributed by atoms with Crippen molar-refractivity contribution in [1.82, 2.24) is 4.90 Å². The number of rotatable bonds is 7. The minimum absolute atomic E-state index is 0.572. The fraction of sp³-hybridized carbons (Fsp3) is 0.211. The summed E-state index contributed by atoms with van der Waals surface area (Å²) in [6, 6.07) is 20.2. The second-order valence-corrected chi connectivity index (χ2v) is 5.22.